The normalized spacial score (nSPS) is 15.0. The molecule has 1 fully saturated rings. The predicted octanol–water partition coefficient (Wildman–Crippen LogP) is 3.97. The fraction of sp³-hybridized carbons (Fsp3) is 0.478. The van der Waals surface area contributed by atoms with Crippen molar-refractivity contribution in [2.75, 3.05) is 44.8 Å². The molecule has 0 atom stereocenters. The number of aromatic nitrogens is 3. The van der Waals surface area contributed by atoms with Crippen molar-refractivity contribution in [1.82, 2.24) is 19.7 Å². The van der Waals surface area contributed by atoms with Gasteiger partial charge in [0.05, 0.1) is 36.2 Å². The summed E-state index contributed by atoms with van der Waals surface area (Å²) in [6.45, 7) is 11.8. The molecule has 0 amide bonds. The number of morpholine rings is 1. The highest BCUT2D eigenvalue weighted by molar-refractivity contribution is 5.92. The number of hydrogen-bond acceptors (Lipinski definition) is 5. The molecule has 1 aliphatic heterocycles. The van der Waals surface area contributed by atoms with E-state index < -0.39 is 0 Å². The Morgan fingerprint density at radius 2 is 1.97 bits per heavy atom. The largest absolute Gasteiger partial charge is 0.378 e. The van der Waals surface area contributed by atoms with Crippen LogP contribution >= 0.6 is 0 Å². The molecule has 29 heavy (non-hydrogen) atoms. The Labute approximate surface area is 173 Å². The Morgan fingerprint density at radius 3 is 2.69 bits per heavy atom. The molecule has 0 spiro atoms. The van der Waals surface area contributed by atoms with Crippen molar-refractivity contribution in [2.45, 2.75) is 33.4 Å². The highest BCUT2D eigenvalue weighted by Gasteiger charge is 2.20. The summed E-state index contributed by atoms with van der Waals surface area (Å²) in [5.41, 5.74) is 5.62. The lowest BCUT2D eigenvalue weighted by molar-refractivity contribution is 0.123. The lowest BCUT2D eigenvalue weighted by Gasteiger charge is -2.29. The van der Waals surface area contributed by atoms with Gasteiger partial charge in [-0.15, -0.1) is 0 Å². The van der Waals surface area contributed by atoms with E-state index in [0.717, 1.165) is 61.7 Å². The third-order valence-corrected chi connectivity index (χ3v) is 5.60. The number of fused-ring (bicyclic) bond motifs is 1. The zero-order valence-corrected chi connectivity index (χ0v) is 17.9. The predicted molar refractivity (Wildman–Crippen MR) is 118 cm³/mol. The molecule has 3 heterocycles. The molecule has 154 valence electrons. The summed E-state index contributed by atoms with van der Waals surface area (Å²) in [6, 6.07) is 11.2. The van der Waals surface area contributed by atoms with Gasteiger partial charge < -0.3 is 14.5 Å². The molecule has 1 aromatic carbocycles. The molecule has 1 saturated heterocycles. The number of hydrogen-bond donors (Lipinski definition) is 0. The van der Waals surface area contributed by atoms with Gasteiger partial charge >= 0.3 is 0 Å². The molecule has 0 saturated carbocycles. The smallest absolute Gasteiger partial charge is 0.160 e. The molecule has 0 unspecified atom stereocenters. The van der Waals surface area contributed by atoms with Crippen molar-refractivity contribution >= 4 is 16.7 Å². The van der Waals surface area contributed by atoms with E-state index in [1.54, 1.807) is 0 Å². The van der Waals surface area contributed by atoms with Gasteiger partial charge in [-0.3, -0.25) is 0 Å². The van der Waals surface area contributed by atoms with Crippen LogP contribution in [0.3, 0.4) is 0 Å². The summed E-state index contributed by atoms with van der Waals surface area (Å²) in [6.07, 6.45) is 1.96. The van der Waals surface area contributed by atoms with Gasteiger partial charge in [-0.25, -0.2) is 9.67 Å². The van der Waals surface area contributed by atoms with Gasteiger partial charge in [0.15, 0.2) is 5.65 Å². The minimum Gasteiger partial charge on any atom is -0.378 e. The maximum Gasteiger partial charge on any atom is 0.160 e. The Bertz CT molecular complexity index is 975. The fourth-order valence-electron chi connectivity index (χ4n) is 3.85. The molecule has 0 bridgehead atoms. The zero-order chi connectivity index (χ0) is 20.4. The first-order valence-electron chi connectivity index (χ1n) is 10.6. The van der Waals surface area contributed by atoms with E-state index >= 15 is 0 Å². The lowest BCUT2D eigenvalue weighted by Crippen LogP contribution is -2.36. The highest BCUT2D eigenvalue weighted by atomic mass is 16.5. The molecule has 0 radical (unpaired) electrons. The first-order chi connectivity index (χ1) is 14.1. The van der Waals surface area contributed by atoms with Crippen LogP contribution in [0.15, 0.2) is 36.5 Å². The molecule has 1 aliphatic rings. The minimum atomic E-state index is 0.261. The monoisotopic (exact) mass is 393 g/mol. The SMILES string of the molecule is CCN(C)Cc1cccc(-c2cc(N3CCOCC3)c3cnn(C(C)C)c3n2)c1. The lowest BCUT2D eigenvalue weighted by atomic mass is 10.1. The molecular weight excluding hydrogens is 362 g/mol. The molecule has 0 N–H and O–H groups in total. The number of pyridine rings is 1. The quantitative estimate of drug-likeness (QED) is 0.634. The van der Waals surface area contributed by atoms with Crippen molar-refractivity contribution in [3.8, 4) is 11.3 Å². The number of benzene rings is 1. The van der Waals surface area contributed by atoms with E-state index in [2.05, 4.69) is 73.0 Å². The number of nitrogens with zero attached hydrogens (tertiary/aromatic N) is 5. The fourth-order valence-corrected chi connectivity index (χ4v) is 3.85. The van der Waals surface area contributed by atoms with E-state index in [9.17, 15) is 0 Å². The molecule has 6 nitrogen and oxygen atoms in total. The highest BCUT2D eigenvalue weighted by Crippen LogP contribution is 2.32. The van der Waals surface area contributed by atoms with Crippen LogP contribution < -0.4 is 4.90 Å². The van der Waals surface area contributed by atoms with Crippen molar-refractivity contribution in [2.24, 2.45) is 0 Å². The van der Waals surface area contributed by atoms with Crippen LogP contribution in [-0.4, -0.2) is 59.6 Å². The van der Waals surface area contributed by atoms with Crippen LogP contribution in [-0.2, 0) is 11.3 Å². The number of anilines is 1. The average Bonchev–Trinajstić information content (AvgIpc) is 3.18. The van der Waals surface area contributed by atoms with Crippen molar-refractivity contribution in [1.29, 1.82) is 0 Å². The molecule has 3 aromatic rings. The third kappa shape index (κ3) is 4.14. The average molecular weight is 394 g/mol. The number of rotatable bonds is 6. The first kappa shape index (κ1) is 19.9. The maximum atomic E-state index is 5.57. The molecular formula is C23H31N5O. The molecule has 6 heteroatoms. The first-order valence-corrected chi connectivity index (χ1v) is 10.6. The second-order valence-electron chi connectivity index (χ2n) is 8.08. The van der Waals surface area contributed by atoms with Gasteiger partial charge in [0, 0.05) is 31.2 Å². The number of ether oxygens (including phenoxy) is 1. The van der Waals surface area contributed by atoms with Crippen LogP contribution in [0.4, 0.5) is 5.69 Å². The summed E-state index contributed by atoms with van der Waals surface area (Å²) in [4.78, 5) is 9.76. The topological polar surface area (TPSA) is 46.4 Å². The molecule has 0 aliphatic carbocycles. The Morgan fingerprint density at radius 1 is 1.17 bits per heavy atom. The van der Waals surface area contributed by atoms with Gasteiger partial charge in [0.2, 0.25) is 0 Å². The van der Waals surface area contributed by atoms with Crippen molar-refractivity contribution in [3.05, 3.63) is 42.1 Å². The maximum absolute atomic E-state index is 5.57. The summed E-state index contributed by atoms with van der Waals surface area (Å²) in [7, 11) is 2.15. The zero-order valence-electron chi connectivity index (χ0n) is 17.9. The third-order valence-electron chi connectivity index (χ3n) is 5.60. The van der Waals surface area contributed by atoms with E-state index in [1.807, 2.05) is 10.9 Å². The van der Waals surface area contributed by atoms with Gasteiger partial charge in [-0.05, 0) is 45.1 Å². The van der Waals surface area contributed by atoms with Gasteiger partial charge in [-0.2, -0.15) is 5.10 Å². The van der Waals surface area contributed by atoms with Gasteiger partial charge in [0.25, 0.3) is 0 Å². The van der Waals surface area contributed by atoms with Crippen molar-refractivity contribution < 1.29 is 4.74 Å². The Hall–Kier alpha value is -2.44. The van der Waals surface area contributed by atoms with E-state index in [0.29, 0.717) is 0 Å². The van der Waals surface area contributed by atoms with Crippen LogP contribution in [0, 0.1) is 0 Å². The summed E-state index contributed by atoms with van der Waals surface area (Å²) in [5, 5.41) is 5.76. The second kappa shape index (κ2) is 8.51. The second-order valence-corrected chi connectivity index (χ2v) is 8.08. The van der Waals surface area contributed by atoms with E-state index in [4.69, 9.17) is 9.72 Å². The van der Waals surface area contributed by atoms with Gasteiger partial charge in [0.1, 0.15) is 0 Å². The minimum absolute atomic E-state index is 0.261. The summed E-state index contributed by atoms with van der Waals surface area (Å²) < 4.78 is 7.60. The standard InChI is InChI=1S/C23H31N5O/c1-5-26(4)16-18-7-6-8-19(13-18)21-14-22(27-9-11-29-12-10-27)20-15-24-28(17(2)3)23(20)25-21/h6-8,13-15,17H,5,9-12,16H2,1-4H3. The molecule has 2 aromatic heterocycles. The Balaban J connectivity index is 1.82. The van der Waals surface area contributed by atoms with Crippen LogP contribution in [0.1, 0.15) is 32.4 Å². The van der Waals surface area contributed by atoms with E-state index in [1.165, 1.54) is 11.3 Å². The summed E-state index contributed by atoms with van der Waals surface area (Å²) in [5.74, 6) is 0. The summed E-state index contributed by atoms with van der Waals surface area (Å²) >= 11 is 0. The Kier molecular flexibility index (Phi) is 5.83. The molecule has 4 rings (SSSR count). The van der Waals surface area contributed by atoms with Crippen molar-refractivity contribution in [3.63, 3.8) is 0 Å². The van der Waals surface area contributed by atoms with Crippen LogP contribution in [0.2, 0.25) is 0 Å². The van der Waals surface area contributed by atoms with Crippen LogP contribution in [0.25, 0.3) is 22.3 Å². The van der Waals surface area contributed by atoms with Crippen LogP contribution in [0.5, 0.6) is 0 Å². The van der Waals surface area contributed by atoms with Gasteiger partial charge in [-0.1, -0.05) is 25.1 Å². The van der Waals surface area contributed by atoms with E-state index in [-0.39, 0.29) is 6.04 Å².